The number of aryl methyl sites for hydroxylation is 1. The Kier molecular flexibility index (Phi) is 9.87. The van der Waals surface area contributed by atoms with Crippen molar-refractivity contribution in [1.29, 1.82) is 0 Å². The Morgan fingerprint density at radius 1 is 1.13 bits per heavy atom. The van der Waals surface area contributed by atoms with E-state index in [1.54, 1.807) is 4.90 Å². The number of hydrogen-bond donors (Lipinski definition) is 1. The minimum Gasteiger partial charge on any atom is -0.484 e. The van der Waals surface area contributed by atoms with Gasteiger partial charge in [-0.1, -0.05) is 60.1 Å². The summed E-state index contributed by atoms with van der Waals surface area (Å²) in [6, 6.07) is 15.1. The highest BCUT2D eigenvalue weighted by molar-refractivity contribution is 9.10. The predicted octanol–water partition coefficient (Wildman–Crippen LogP) is 4.51. The van der Waals surface area contributed by atoms with Gasteiger partial charge in [0, 0.05) is 17.6 Å². The average molecular weight is 475 g/mol. The van der Waals surface area contributed by atoms with Crippen LogP contribution in [0.25, 0.3) is 0 Å². The second-order valence-electron chi connectivity index (χ2n) is 7.24. The number of hydrogen-bond acceptors (Lipinski definition) is 3. The monoisotopic (exact) mass is 474 g/mol. The number of rotatable bonds is 11. The molecule has 1 N–H and O–H groups in total. The third kappa shape index (κ3) is 7.17. The Labute approximate surface area is 187 Å². The Balaban J connectivity index is 2.11. The Bertz CT molecular complexity index is 826. The molecular formula is C24H31BrN2O3. The Hall–Kier alpha value is -2.34. The fourth-order valence-corrected chi connectivity index (χ4v) is 3.44. The van der Waals surface area contributed by atoms with E-state index in [2.05, 4.69) is 21.2 Å². The largest absolute Gasteiger partial charge is 0.484 e. The number of ether oxygens (including phenoxy) is 1. The van der Waals surface area contributed by atoms with E-state index >= 15 is 0 Å². The average Bonchev–Trinajstić information content (AvgIpc) is 2.76. The lowest BCUT2D eigenvalue weighted by Crippen LogP contribution is -2.51. The highest BCUT2D eigenvalue weighted by atomic mass is 79.9. The molecule has 2 rings (SSSR count). The van der Waals surface area contributed by atoms with Crippen molar-refractivity contribution in [2.24, 2.45) is 0 Å². The van der Waals surface area contributed by atoms with Crippen molar-refractivity contribution >= 4 is 27.7 Å². The van der Waals surface area contributed by atoms with Gasteiger partial charge in [-0.3, -0.25) is 9.59 Å². The lowest BCUT2D eigenvalue weighted by molar-refractivity contribution is -0.142. The van der Waals surface area contributed by atoms with Crippen LogP contribution in [0.2, 0.25) is 0 Å². The highest BCUT2D eigenvalue weighted by Crippen LogP contribution is 2.21. The van der Waals surface area contributed by atoms with Gasteiger partial charge in [0.05, 0.1) is 0 Å². The number of amides is 2. The molecule has 1 atom stereocenters. The van der Waals surface area contributed by atoms with Gasteiger partial charge in [-0.15, -0.1) is 0 Å². The predicted molar refractivity (Wildman–Crippen MR) is 124 cm³/mol. The molecule has 0 saturated heterocycles. The van der Waals surface area contributed by atoms with Gasteiger partial charge < -0.3 is 15.0 Å². The van der Waals surface area contributed by atoms with Gasteiger partial charge in [0.15, 0.2) is 6.61 Å². The van der Waals surface area contributed by atoms with Crippen LogP contribution in [0.3, 0.4) is 0 Å². The van der Waals surface area contributed by atoms with Gasteiger partial charge in [-0.05, 0) is 55.5 Å². The number of nitrogens with zero attached hydrogens (tertiary/aromatic N) is 1. The van der Waals surface area contributed by atoms with Crippen molar-refractivity contribution < 1.29 is 14.3 Å². The fourth-order valence-electron chi connectivity index (χ4n) is 3.20. The minimum absolute atomic E-state index is 0.104. The summed E-state index contributed by atoms with van der Waals surface area (Å²) in [7, 11) is 0. The molecule has 0 fully saturated rings. The second-order valence-corrected chi connectivity index (χ2v) is 8.09. The third-order valence-corrected chi connectivity index (χ3v) is 5.80. The van der Waals surface area contributed by atoms with Gasteiger partial charge in [-0.2, -0.15) is 0 Å². The number of nitrogens with one attached hydrogen (secondary N) is 1. The Morgan fingerprint density at radius 2 is 1.87 bits per heavy atom. The molecule has 0 aliphatic carbocycles. The van der Waals surface area contributed by atoms with Crippen molar-refractivity contribution in [3.63, 3.8) is 0 Å². The smallest absolute Gasteiger partial charge is 0.261 e. The number of benzene rings is 2. The summed E-state index contributed by atoms with van der Waals surface area (Å²) in [6.45, 7) is 6.86. The van der Waals surface area contributed by atoms with E-state index in [-0.39, 0.29) is 18.4 Å². The Morgan fingerprint density at radius 3 is 2.50 bits per heavy atom. The zero-order valence-electron chi connectivity index (χ0n) is 18.0. The van der Waals surface area contributed by atoms with Crippen molar-refractivity contribution in [1.82, 2.24) is 10.2 Å². The van der Waals surface area contributed by atoms with Crippen molar-refractivity contribution in [3.05, 3.63) is 64.1 Å². The van der Waals surface area contributed by atoms with E-state index < -0.39 is 6.04 Å². The van der Waals surface area contributed by atoms with Gasteiger partial charge in [0.2, 0.25) is 5.91 Å². The molecule has 0 saturated carbocycles. The quantitative estimate of drug-likeness (QED) is 0.520. The van der Waals surface area contributed by atoms with Crippen molar-refractivity contribution in [3.8, 4) is 5.75 Å². The van der Waals surface area contributed by atoms with Crippen LogP contribution in [0, 0.1) is 6.92 Å². The molecule has 2 aromatic rings. The van der Waals surface area contributed by atoms with Crippen LogP contribution >= 0.6 is 15.9 Å². The third-order valence-electron chi connectivity index (χ3n) is 4.91. The molecule has 0 bridgehead atoms. The molecule has 0 heterocycles. The van der Waals surface area contributed by atoms with Crippen LogP contribution in [-0.2, 0) is 16.0 Å². The first-order valence-electron chi connectivity index (χ1n) is 10.5. The molecule has 2 amide bonds. The van der Waals surface area contributed by atoms with Crippen molar-refractivity contribution in [2.45, 2.75) is 46.1 Å². The maximum absolute atomic E-state index is 13.1. The summed E-state index contributed by atoms with van der Waals surface area (Å²) < 4.78 is 6.74. The summed E-state index contributed by atoms with van der Waals surface area (Å²) in [5, 5.41) is 2.93. The lowest BCUT2D eigenvalue weighted by atomic mass is 10.1. The van der Waals surface area contributed by atoms with Crippen LogP contribution in [0.4, 0.5) is 0 Å². The van der Waals surface area contributed by atoms with Crippen LogP contribution in [-0.4, -0.2) is 42.5 Å². The first-order valence-corrected chi connectivity index (χ1v) is 11.3. The summed E-state index contributed by atoms with van der Waals surface area (Å²) in [5.74, 6) is 0.334. The van der Waals surface area contributed by atoms with Crippen LogP contribution in [0.1, 0.15) is 37.8 Å². The van der Waals surface area contributed by atoms with Crippen LogP contribution in [0.5, 0.6) is 5.75 Å². The minimum atomic E-state index is -0.511. The van der Waals surface area contributed by atoms with E-state index in [9.17, 15) is 9.59 Å². The van der Waals surface area contributed by atoms with E-state index in [1.807, 2.05) is 69.3 Å². The van der Waals surface area contributed by atoms with Gasteiger partial charge in [0.1, 0.15) is 11.8 Å². The molecule has 30 heavy (non-hydrogen) atoms. The molecular weight excluding hydrogens is 444 g/mol. The van der Waals surface area contributed by atoms with Crippen LogP contribution < -0.4 is 10.1 Å². The topological polar surface area (TPSA) is 58.6 Å². The van der Waals surface area contributed by atoms with E-state index in [0.717, 1.165) is 22.0 Å². The SMILES string of the molecule is CCCNC(=O)[C@H](CC)N(CCc1ccccc1)C(=O)COc1ccc(Br)c(C)c1. The molecule has 0 spiro atoms. The first kappa shape index (κ1) is 23.9. The summed E-state index contributed by atoms with van der Waals surface area (Å²) in [5.41, 5.74) is 2.16. The first-order chi connectivity index (χ1) is 14.5. The van der Waals surface area contributed by atoms with E-state index in [1.165, 1.54) is 0 Å². The molecule has 0 radical (unpaired) electrons. The molecule has 162 valence electrons. The number of halogens is 1. The normalized spacial score (nSPS) is 11.6. The fraction of sp³-hybridized carbons (Fsp3) is 0.417. The zero-order valence-corrected chi connectivity index (χ0v) is 19.6. The van der Waals surface area contributed by atoms with Gasteiger partial charge >= 0.3 is 0 Å². The molecule has 5 nitrogen and oxygen atoms in total. The summed E-state index contributed by atoms with van der Waals surface area (Å²) in [6.07, 6.45) is 2.08. The molecule has 2 aromatic carbocycles. The number of carbonyl (C=O) groups is 2. The van der Waals surface area contributed by atoms with Crippen LogP contribution in [0.15, 0.2) is 53.0 Å². The summed E-state index contributed by atoms with van der Waals surface area (Å²) in [4.78, 5) is 27.4. The lowest BCUT2D eigenvalue weighted by Gasteiger charge is -2.30. The zero-order chi connectivity index (χ0) is 21.9. The van der Waals surface area contributed by atoms with Gasteiger partial charge in [0.25, 0.3) is 5.91 Å². The maximum atomic E-state index is 13.1. The molecule has 0 aliphatic heterocycles. The molecule has 0 aliphatic rings. The second kappa shape index (κ2) is 12.4. The molecule has 0 aromatic heterocycles. The maximum Gasteiger partial charge on any atom is 0.261 e. The summed E-state index contributed by atoms with van der Waals surface area (Å²) >= 11 is 3.47. The highest BCUT2D eigenvalue weighted by Gasteiger charge is 2.28. The standard InChI is InChI=1S/C24H31BrN2O3/c1-4-14-26-24(29)22(5-2)27(15-13-19-9-7-6-8-10-19)23(28)17-30-20-11-12-21(25)18(3)16-20/h6-12,16,22H,4-5,13-15,17H2,1-3H3,(H,26,29)/t22-/m0/s1. The molecule has 6 heteroatoms. The van der Waals surface area contributed by atoms with Crippen molar-refractivity contribution in [2.75, 3.05) is 19.7 Å². The van der Waals surface area contributed by atoms with Gasteiger partial charge in [-0.25, -0.2) is 0 Å². The number of carbonyl (C=O) groups excluding carboxylic acids is 2. The van der Waals surface area contributed by atoms with E-state index in [4.69, 9.17) is 4.74 Å². The van der Waals surface area contributed by atoms with E-state index in [0.29, 0.717) is 31.7 Å². The molecule has 0 unspecified atom stereocenters.